The molecule has 1 aliphatic rings. The van der Waals surface area contributed by atoms with E-state index in [1.54, 1.807) is 23.7 Å². The normalized spacial score (nSPS) is 16.8. The molecular weight excluding hydrogens is 328 g/mol. The van der Waals surface area contributed by atoms with E-state index in [0.717, 1.165) is 37.8 Å². The van der Waals surface area contributed by atoms with Gasteiger partial charge in [-0.3, -0.25) is 4.79 Å². The number of halogens is 1. The Hall–Kier alpha value is -1.92. The first-order valence-electron chi connectivity index (χ1n) is 8.17. The molecule has 1 amide bonds. The predicted octanol–water partition coefficient (Wildman–Crippen LogP) is 2.65. The van der Waals surface area contributed by atoms with Crippen molar-refractivity contribution in [2.75, 3.05) is 6.54 Å². The minimum absolute atomic E-state index is 0.245. The number of aliphatic hydroxyl groups is 1. The van der Waals surface area contributed by atoms with Crippen molar-refractivity contribution >= 4 is 17.5 Å². The maximum Gasteiger partial charge on any atom is 0.273 e. The summed E-state index contributed by atoms with van der Waals surface area (Å²) in [6.45, 7) is 2.03. The van der Waals surface area contributed by atoms with Crippen molar-refractivity contribution in [2.24, 2.45) is 0 Å². The van der Waals surface area contributed by atoms with Crippen LogP contribution in [0.5, 0.6) is 0 Å². The standard InChI is InChI=1S/C17H21ClN4O2/c1-12-15(16(23)19-11-17(24)8-3-2-4-9-17)20-21-22(12)14-7-5-6-13(18)10-14/h5-7,10,24H,2-4,8-9,11H2,1H3,(H,19,23). The van der Waals surface area contributed by atoms with E-state index in [2.05, 4.69) is 15.6 Å². The number of benzene rings is 1. The van der Waals surface area contributed by atoms with Gasteiger partial charge in [-0.15, -0.1) is 5.10 Å². The predicted molar refractivity (Wildman–Crippen MR) is 91.5 cm³/mol. The lowest BCUT2D eigenvalue weighted by molar-refractivity contribution is 0.00520. The summed E-state index contributed by atoms with van der Waals surface area (Å²) in [4.78, 5) is 12.4. The lowest BCUT2D eigenvalue weighted by Crippen LogP contribution is -2.44. The molecule has 24 heavy (non-hydrogen) atoms. The Morgan fingerprint density at radius 1 is 1.38 bits per heavy atom. The van der Waals surface area contributed by atoms with Gasteiger partial charge >= 0.3 is 0 Å². The molecule has 6 nitrogen and oxygen atoms in total. The molecule has 3 rings (SSSR count). The number of rotatable bonds is 4. The van der Waals surface area contributed by atoms with Gasteiger partial charge < -0.3 is 10.4 Å². The van der Waals surface area contributed by atoms with Crippen LogP contribution in [0.15, 0.2) is 24.3 Å². The summed E-state index contributed by atoms with van der Waals surface area (Å²) in [6, 6.07) is 7.20. The zero-order valence-corrected chi connectivity index (χ0v) is 14.4. The first kappa shape index (κ1) is 16.9. The van der Waals surface area contributed by atoms with E-state index >= 15 is 0 Å². The molecular formula is C17H21ClN4O2. The Kier molecular flexibility index (Phi) is 4.87. The summed E-state index contributed by atoms with van der Waals surface area (Å²) in [5.41, 5.74) is 0.836. The van der Waals surface area contributed by atoms with Crippen LogP contribution in [0.25, 0.3) is 5.69 Å². The fourth-order valence-electron chi connectivity index (χ4n) is 3.11. The number of amides is 1. The van der Waals surface area contributed by atoms with Gasteiger partial charge in [-0.1, -0.05) is 42.1 Å². The largest absolute Gasteiger partial charge is 0.388 e. The van der Waals surface area contributed by atoms with Gasteiger partial charge in [0, 0.05) is 11.6 Å². The van der Waals surface area contributed by atoms with Crippen LogP contribution in [0.4, 0.5) is 0 Å². The van der Waals surface area contributed by atoms with Gasteiger partial charge in [-0.2, -0.15) is 0 Å². The van der Waals surface area contributed by atoms with Gasteiger partial charge in [0.2, 0.25) is 0 Å². The Labute approximate surface area is 145 Å². The van der Waals surface area contributed by atoms with E-state index in [1.807, 2.05) is 12.1 Å². The summed E-state index contributed by atoms with van der Waals surface area (Å²) in [5, 5.41) is 21.9. The highest BCUT2D eigenvalue weighted by atomic mass is 35.5. The monoisotopic (exact) mass is 348 g/mol. The maximum absolute atomic E-state index is 12.4. The molecule has 128 valence electrons. The Balaban J connectivity index is 1.72. The zero-order chi connectivity index (χ0) is 17.2. The molecule has 7 heteroatoms. The van der Waals surface area contributed by atoms with Gasteiger partial charge in [0.25, 0.3) is 5.91 Å². The lowest BCUT2D eigenvalue weighted by Gasteiger charge is -2.31. The van der Waals surface area contributed by atoms with E-state index < -0.39 is 5.60 Å². The Morgan fingerprint density at radius 3 is 2.83 bits per heavy atom. The average Bonchev–Trinajstić information content (AvgIpc) is 2.95. The van der Waals surface area contributed by atoms with E-state index in [-0.39, 0.29) is 18.1 Å². The molecule has 1 aromatic heterocycles. The molecule has 0 radical (unpaired) electrons. The summed E-state index contributed by atoms with van der Waals surface area (Å²) in [5.74, 6) is -0.320. The van der Waals surface area contributed by atoms with Crippen molar-refractivity contribution in [1.82, 2.24) is 20.3 Å². The summed E-state index contributed by atoms with van der Waals surface area (Å²) < 4.78 is 1.58. The average molecular weight is 349 g/mol. The van der Waals surface area contributed by atoms with Crippen LogP contribution in [0.1, 0.15) is 48.3 Å². The zero-order valence-electron chi connectivity index (χ0n) is 13.6. The molecule has 1 fully saturated rings. The van der Waals surface area contributed by atoms with Gasteiger partial charge in [-0.25, -0.2) is 4.68 Å². The fourth-order valence-corrected chi connectivity index (χ4v) is 3.29. The van der Waals surface area contributed by atoms with Crippen LogP contribution in [-0.4, -0.2) is 38.2 Å². The van der Waals surface area contributed by atoms with Crippen LogP contribution >= 0.6 is 11.6 Å². The Morgan fingerprint density at radius 2 is 2.12 bits per heavy atom. The highest BCUT2D eigenvalue weighted by Gasteiger charge is 2.30. The van der Waals surface area contributed by atoms with Gasteiger partial charge in [0.1, 0.15) is 0 Å². The lowest BCUT2D eigenvalue weighted by atomic mass is 9.85. The molecule has 1 saturated carbocycles. The van der Waals surface area contributed by atoms with Crippen molar-refractivity contribution in [3.05, 3.63) is 40.7 Å². The second kappa shape index (κ2) is 6.91. The molecule has 2 N–H and O–H groups in total. The first-order valence-corrected chi connectivity index (χ1v) is 8.55. The number of nitrogens with one attached hydrogen (secondary N) is 1. The van der Waals surface area contributed by atoms with E-state index in [0.29, 0.717) is 10.7 Å². The number of carbonyl (C=O) groups excluding carboxylic acids is 1. The minimum atomic E-state index is -0.801. The second-order valence-electron chi connectivity index (χ2n) is 6.38. The smallest absolute Gasteiger partial charge is 0.273 e. The topological polar surface area (TPSA) is 80.0 Å². The van der Waals surface area contributed by atoms with Crippen LogP contribution in [0.2, 0.25) is 5.02 Å². The number of hydrogen-bond acceptors (Lipinski definition) is 4. The Bertz CT molecular complexity index is 738. The molecule has 2 aromatic rings. The third-order valence-electron chi connectivity index (χ3n) is 4.52. The van der Waals surface area contributed by atoms with Crippen molar-refractivity contribution in [1.29, 1.82) is 0 Å². The summed E-state index contributed by atoms with van der Waals surface area (Å²) in [6.07, 6.45) is 4.58. The third kappa shape index (κ3) is 3.60. The molecule has 0 bridgehead atoms. The highest BCUT2D eigenvalue weighted by molar-refractivity contribution is 6.30. The van der Waals surface area contributed by atoms with Crippen molar-refractivity contribution in [2.45, 2.75) is 44.6 Å². The molecule has 0 unspecified atom stereocenters. The van der Waals surface area contributed by atoms with E-state index in [4.69, 9.17) is 11.6 Å². The molecule has 0 saturated heterocycles. The minimum Gasteiger partial charge on any atom is -0.388 e. The maximum atomic E-state index is 12.4. The first-order chi connectivity index (χ1) is 11.5. The van der Waals surface area contributed by atoms with E-state index in [9.17, 15) is 9.90 Å². The van der Waals surface area contributed by atoms with Crippen LogP contribution in [0.3, 0.4) is 0 Å². The van der Waals surface area contributed by atoms with Crippen LogP contribution in [-0.2, 0) is 0 Å². The molecule has 1 aliphatic carbocycles. The quantitative estimate of drug-likeness (QED) is 0.890. The van der Waals surface area contributed by atoms with Crippen molar-refractivity contribution in [3.8, 4) is 5.69 Å². The number of hydrogen-bond donors (Lipinski definition) is 2. The van der Waals surface area contributed by atoms with Crippen molar-refractivity contribution in [3.63, 3.8) is 0 Å². The molecule has 1 heterocycles. The van der Waals surface area contributed by atoms with Crippen LogP contribution in [0, 0.1) is 6.92 Å². The van der Waals surface area contributed by atoms with Gasteiger partial charge in [-0.05, 0) is 38.0 Å². The van der Waals surface area contributed by atoms with Gasteiger partial charge in [0.05, 0.1) is 17.0 Å². The van der Waals surface area contributed by atoms with Crippen molar-refractivity contribution < 1.29 is 9.90 Å². The highest BCUT2D eigenvalue weighted by Crippen LogP contribution is 2.27. The molecule has 0 spiro atoms. The third-order valence-corrected chi connectivity index (χ3v) is 4.76. The number of carbonyl (C=O) groups is 1. The summed E-state index contributed by atoms with van der Waals surface area (Å²) >= 11 is 6.00. The van der Waals surface area contributed by atoms with E-state index in [1.165, 1.54) is 0 Å². The fraction of sp³-hybridized carbons (Fsp3) is 0.471. The molecule has 0 atom stereocenters. The number of aromatic nitrogens is 3. The molecule has 0 aliphatic heterocycles. The van der Waals surface area contributed by atoms with Crippen LogP contribution < -0.4 is 5.32 Å². The second-order valence-corrected chi connectivity index (χ2v) is 6.82. The summed E-state index contributed by atoms with van der Waals surface area (Å²) in [7, 11) is 0. The number of nitrogens with zero attached hydrogens (tertiary/aromatic N) is 3. The SMILES string of the molecule is Cc1c(C(=O)NCC2(O)CCCCC2)nnn1-c1cccc(Cl)c1. The molecule has 1 aromatic carbocycles. The van der Waals surface area contributed by atoms with Gasteiger partial charge in [0.15, 0.2) is 5.69 Å².